The number of ether oxygens (including phenoxy) is 1. The minimum atomic E-state index is -5.94. The fourth-order valence-electron chi connectivity index (χ4n) is 4.00. The fraction of sp³-hybridized carbons (Fsp3) is 0.391. The summed E-state index contributed by atoms with van der Waals surface area (Å²) in [6.45, 7) is 5.65. The molecule has 168 valence electrons. The summed E-state index contributed by atoms with van der Waals surface area (Å²) in [5.74, 6) is 0. The molecule has 2 aromatic carbocycles. The molecule has 1 aliphatic rings. The molecule has 2 aromatic rings. The number of hydrogen-bond acceptors (Lipinski definition) is 2. The van der Waals surface area contributed by atoms with Crippen molar-refractivity contribution in [2.45, 2.75) is 49.2 Å². The monoisotopic (exact) mass is 444 g/mol. The Morgan fingerprint density at radius 2 is 1.52 bits per heavy atom. The molecule has 1 N–H and O–H groups in total. The Bertz CT molecular complexity index is 970. The number of rotatable bonds is 6. The van der Waals surface area contributed by atoms with Crippen LogP contribution in [0.15, 0.2) is 55.6 Å². The number of hydrogen-bond donors (Lipinski definition) is 1. The molecule has 0 radical (unpaired) electrons. The lowest BCUT2D eigenvalue weighted by atomic mass is 9.83. The highest BCUT2D eigenvalue weighted by Gasteiger charge is 2.71. The SMILES string of the molecule is C=CC(=C)c1cc2ccccc2cc1C1(OCC(O)(C(F)(F)F)C(F)(F)F)CCCC1. The molecule has 0 aromatic heterocycles. The van der Waals surface area contributed by atoms with E-state index in [9.17, 15) is 31.4 Å². The van der Waals surface area contributed by atoms with Crippen LogP contribution in [-0.2, 0) is 10.3 Å². The molecule has 0 bridgehead atoms. The van der Waals surface area contributed by atoms with Gasteiger partial charge >= 0.3 is 12.4 Å². The summed E-state index contributed by atoms with van der Waals surface area (Å²) in [5.41, 5.74) is -4.94. The molecule has 0 aliphatic heterocycles. The number of alkyl halides is 6. The van der Waals surface area contributed by atoms with Crippen LogP contribution in [0, 0.1) is 0 Å². The van der Waals surface area contributed by atoms with E-state index in [1.807, 2.05) is 12.1 Å². The number of allylic oxidation sites excluding steroid dienone is 2. The lowest BCUT2D eigenvalue weighted by Crippen LogP contribution is -2.60. The first-order chi connectivity index (χ1) is 14.3. The van der Waals surface area contributed by atoms with Crippen LogP contribution < -0.4 is 0 Å². The van der Waals surface area contributed by atoms with Gasteiger partial charge in [0, 0.05) is 0 Å². The molecule has 1 fully saturated rings. The van der Waals surface area contributed by atoms with Crippen molar-refractivity contribution in [2.75, 3.05) is 6.61 Å². The average molecular weight is 444 g/mol. The Morgan fingerprint density at radius 3 is 2.00 bits per heavy atom. The van der Waals surface area contributed by atoms with Crippen molar-refractivity contribution in [3.8, 4) is 0 Å². The molecular weight excluding hydrogens is 422 g/mol. The van der Waals surface area contributed by atoms with Crippen LogP contribution in [0.25, 0.3) is 16.3 Å². The van der Waals surface area contributed by atoms with Crippen molar-refractivity contribution in [3.05, 3.63) is 66.8 Å². The topological polar surface area (TPSA) is 29.5 Å². The van der Waals surface area contributed by atoms with E-state index < -0.39 is 30.2 Å². The van der Waals surface area contributed by atoms with Crippen LogP contribution in [-0.4, -0.2) is 29.7 Å². The summed E-state index contributed by atoms with van der Waals surface area (Å²) < 4.78 is 84.6. The van der Waals surface area contributed by atoms with Crippen LogP contribution >= 0.6 is 0 Å². The highest BCUT2D eigenvalue weighted by atomic mass is 19.4. The van der Waals surface area contributed by atoms with Gasteiger partial charge in [-0.2, -0.15) is 26.3 Å². The third kappa shape index (κ3) is 4.11. The van der Waals surface area contributed by atoms with Crippen LogP contribution in [0.2, 0.25) is 0 Å². The summed E-state index contributed by atoms with van der Waals surface area (Å²) in [5, 5.41) is 11.2. The second kappa shape index (κ2) is 7.98. The first-order valence-corrected chi connectivity index (χ1v) is 9.69. The first kappa shape index (κ1) is 23.3. The van der Waals surface area contributed by atoms with Crippen molar-refractivity contribution >= 4 is 16.3 Å². The lowest BCUT2D eigenvalue weighted by molar-refractivity contribution is -0.383. The van der Waals surface area contributed by atoms with E-state index in [2.05, 4.69) is 13.2 Å². The predicted molar refractivity (Wildman–Crippen MR) is 106 cm³/mol. The summed E-state index contributed by atoms with van der Waals surface area (Å²) >= 11 is 0. The van der Waals surface area contributed by atoms with Gasteiger partial charge in [0.25, 0.3) is 5.60 Å². The second-order valence-corrected chi connectivity index (χ2v) is 7.82. The maximum absolute atomic E-state index is 13.2. The van der Waals surface area contributed by atoms with Crippen LogP contribution in [0.1, 0.15) is 36.8 Å². The Morgan fingerprint density at radius 1 is 1.00 bits per heavy atom. The summed E-state index contributed by atoms with van der Waals surface area (Å²) in [6, 6.07) is 10.7. The van der Waals surface area contributed by atoms with Crippen LogP contribution in [0.3, 0.4) is 0 Å². The van der Waals surface area contributed by atoms with Gasteiger partial charge in [0.05, 0.1) is 12.2 Å². The van der Waals surface area contributed by atoms with Crippen molar-refractivity contribution in [1.82, 2.24) is 0 Å². The van der Waals surface area contributed by atoms with Gasteiger partial charge in [-0.15, -0.1) is 0 Å². The van der Waals surface area contributed by atoms with Crippen molar-refractivity contribution in [3.63, 3.8) is 0 Å². The third-order valence-corrected chi connectivity index (χ3v) is 5.88. The Balaban J connectivity index is 2.12. The largest absolute Gasteiger partial charge is 0.428 e. The zero-order chi connectivity index (χ0) is 23.1. The van der Waals surface area contributed by atoms with Gasteiger partial charge in [-0.25, -0.2) is 0 Å². The van der Waals surface area contributed by atoms with E-state index in [0.29, 0.717) is 29.5 Å². The summed E-state index contributed by atoms with van der Waals surface area (Å²) in [4.78, 5) is 0. The van der Waals surface area contributed by atoms with Crippen LogP contribution in [0.5, 0.6) is 0 Å². The van der Waals surface area contributed by atoms with Gasteiger partial charge < -0.3 is 9.84 Å². The van der Waals surface area contributed by atoms with Gasteiger partial charge in [0.2, 0.25) is 0 Å². The summed E-state index contributed by atoms with van der Waals surface area (Å²) in [6.07, 6.45) is -8.86. The highest BCUT2D eigenvalue weighted by molar-refractivity contribution is 5.89. The van der Waals surface area contributed by atoms with Gasteiger partial charge in [0.15, 0.2) is 0 Å². The molecule has 1 saturated carbocycles. The van der Waals surface area contributed by atoms with Crippen LogP contribution in [0.4, 0.5) is 26.3 Å². The first-order valence-electron chi connectivity index (χ1n) is 9.69. The zero-order valence-electron chi connectivity index (χ0n) is 16.6. The Hall–Kier alpha value is -2.32. The van der Waals surface area contributed by atoms with E-state index in [4.69, 9.17) is 4.74 Å². The molecule has 0 spiro atoms. The second-order valence-electron chi connectivity index (χ2n) is 7.82. The fourth-order valence-corrected chi connectivity index (χ4v) is 4.00. The molecule has 1 aliphatic carbocycles. The molecule has 31 heavy (non-hydrogen) atoms. The van der Waals surface area contributed by atoms with E-state index in [1.54, 1.807) is 24.3 Å². The maximum atomic E-state index is 13.2. The standard InChI is InChI=1S/C23H22F6O2/c1-3-15(2)18-12-16-8-4-5-9-17(16)13-19(18)20(10-6-7-11-20)31-14-21(30,22(24,25)26)23(27,28)29/h3-5,8-9,12-13,30H,1-2,6-7,10-11,14H2. The van der Waals surface area contributed by atoms with Gasteiger partial charge in [0.1, 0.15) is 0 Å². The smallest absolute Gasteiger partial charge is 0.372 e. The van der Waals surface area contributed by atoms with Gasteiger partial charge in [-0.1, -0.05) is 56.3 Å². The molecule has 0 saturated heterocycles. The van der Waals surface area contributed by atoms with Crippen molar-refractivity contribution in [2.24, 2.45) is 0 Å². The molecule has 2 nitrogen and oxygen atoms in total. The number of benzene rings is 2. The van der Waals surface area contributed by atoms with E-state index >= 15 is 0 Å². The van der Waals surface area contributed by atoms with Crippen molar-refractivity contribution in [1.29, 1.82) is 0 Å². The predicted octanol–water partition coefficient (Wildman–Crippen LogP) is 6.68. The minimum absolute atomic E-state index is 0.217. The third-order valence-electron chi connectivity index (χ3n) is 5.88. The lowest BCUT2D eigenvalue weighted by Gasteiger charge is -2.38. The summed E-state index contributed by atoms with van der Waals surface area (Å²) in [7, 11) is 0. The molecule has 0 heterocycles. The van der Waals surface area contributed by atoms with E-state index in [0.717, 1.165) is 10.8 Å². The van der Waals surface area contributed by atoms with Gasteiger partial charge in [-0.05, 0) is 52.4 Å². The molecule has 0 atom stereocenters. The Labute approximate surface area is 175 Å². The average Bonchev–Trinajstić information content (AvgIpc) is 3.18. The zero-order valence-corrected chi connectivity index (χ0v) is 16.6. The molecule has 0 amide bonds. The van der Waals surface area contributed by atoms with E-state index in [-0.39, 0.29) is 12.8 Å². The number of aliphatic hydroxyl groups is 1. The number of fused-ring (bicyclic) bond motifs is 1. The normalized spacial score (nSPS) is 17.1. The van der Waals surface area contributed by atoms with Crippen molar-refractivity contribution < 1.29 is 36.2 Å². The minimum Gasteiger partial charge on any atom is -0.372 e. The molecule has 8 heteroatoms. The van der Waals surface area contributed by atoms with Gasteiger partial charge in [-0.3, -0.25) is 0 Å². The number of halogens is 6. The van der Waals surface area contributed by atoms with E-state index in [1.165, 1.54) is 6.08 Å². The maximum Gasteiger partial charge on any atom is 0.428 e. The molecule has 3 rings (SSSR count). The highest BCUT2D eigenvalue weighted by Crippen LogP contribution is 2.49. The molecule has 0 unspecified atom stereocenters. The quantitative estimate of drug-likeness (QED) is 0.398. The molecular formula is C23H22F6O2. The Kier molecular flexibility index (Phi) is 6.01.